The van der Waals surface area contributed by atoms with E-state index in [9.17, 15) is 24.3 Å². The summed E-state index contributed by atoms with van der Waals surface area (Å²) < 4.78 is 0. The molecule has 6 N–H and O–H groups in total. The molecule has 2 aromatic heterocycles. The van der Waals surface area contributed by atoms with Gasteiger partial charge in [-0.3, -0.25) is 29.4 Å². The highest BCUT2D eigenvalue weighted by Gasteiger charge is 2.38. The second-order valence-corrected chi connectivity index (χ2v) is 15.3. The number of piperidine rings is 1. The van der Waals surface area contributed by atoms with Crippen molar-refractivity contribution >= 4 is 46.3 Å². The third kappa shape index (κ3) is 11.1. The zero-order valence-corrected chi connectivity index (χ0v) is 30.4. The van der Waals surface area contributed by atoms with Gasteiger partial charge in [-0.25, -0.2) is 15.0 Å². The van der Waals surface area contributed by atoms with Crippen molar-refractivity contribution in [3.05, 3.63) is 96.4 Å². The van der Waals surface area contributed by atoms with Gasteiger partial charge in [-0.15, -0.1) is 0 Å². The van der Waals surface area contributed by atoms with E-state index >= 15 is 0 Å². The summed E-state index contributed by atoms with van der Waals surface area (Å²) in [5, 5.41) is 21.5. The molecule has 4 amide bonds. The van der Waals surface area contributed by atoms with E-state index in [0.29, 0.717) is 23.6 Å². The van der Waals surface area contributed by atoms with Crippen LogP contribution in [0.15, 0.2) is 90.3 Å². The molecule has 1 saturated heterocycles. The number of aliphatic hydroxyl groups excluding tert-OH is 1. The Morgan fingerprint density at radius 2 is 1.69 bits per heavy atom. The highest BCUT2D eigenvalue weighted by atomic mass is 32.2. The molecule has 52 heavy (non-hydrogen) atoms. The molecule has 5 rings (SSSR count). The number of nitrogens with one attached hydrogen (secondary N) is 3. The number of imide groups is 1. The molecule has 0 saturated carbocycles. The van der Waals surface area contributed by atoms with E-state index in [-0.39, 0.29) is 29.8 Å². The molecule has 5 atom stereocenters. The fraction of sp³-hybridized carbons (Fsp3) is 0.395. The highest BCUT2D eigenvalue weighted by molar-refractivity contribution is 7.99. The summed E-state index contributed by atoms with van der Waals surface area (Å²) in [4.78, 5) is 67.5. The number of hydrogen-bond donors (Lipinski definition) is 5. The lowest BCUT2D eigenvalue weighted by molar-refractivity contribution is -0.130. The van der Waals surface area contributed by atoms with Gasteiger partial charge in [-0.2, -0.15) is 0 Å². The van der Waals surface area contributed by atoms with Crippen LogP contribution in [0.4, 0.5) is 0 Å². The summed E-state index contributed by atoms with van der Waals surface area (Å²) in [7, 11) is 0. The van der Waals surface area contributed by atoms with E-state index < -0.39 is 53.9 Å². The third-order valence-electron chi connectivity index (χ3n) is 8.62. The fourth-order valence-electron chi connectivity index (χ4n) is 6.06. The predicted molar refractivity (Wildman–Crippen MR) is 199 cm³/mol. The van der Waals surface area contributed by atoms with Gasteiger partial charge < -0.3 is 21.5 Å². The van der Waals surface area contributed by atoms with Crippen LogP contribution in [-0.4, -0.2) is 96.7 Å². The maximum Gasteiger partial charge on any atom is 0.276 e. The SMILES string of the molecule is CC(C)(C)NC(=O)C1CC(Sc2ncccn2)CCN1CC(O)C(Cc1ccccc1)NC(=O)[C@@H](N)CC(=O)NC(=O)c1ccc2ccccc2n1. The minimum atomic E-state index is -1.30. The van der Waals surface area contributed by atoms with Gasteiger partial charge in [0.2, 0.25) is 17.7 Å². The number of nitrogens with two attached hydrogens (primary N) is 1. The van der Waals surface area contributed by atoms with Crippen molar-refractivity contribution in [3.63, 3.8) is 0 Å². The van der Waals surface area contributed by atoms with E-state index in [1.165, 1.54) is 17.8 Å². The Hall–Kier alpha value is -4.76. The van der Waals surface area contributed by atoms with Gasteiger partial charge >= 0.3 is 0 Å². The number of para-hydroxylation sites is 1. The number of carbonyl (C=O) groups excluding carboxylic acids is 4. The molecule has 0 radical (unpaired) electrons. The Morgan fingerprint density at radius 3 is 2.42 bits per heavy atom. The van der Waals surface area contributed by atoms with Crippen LogP contribution in [0.5, 0.6) is 0 Å². The van der Waals surface area contributed by atoms with Crippen LogP contribution in [0.3, 0.4) is 0 Å². The smallest absolute Gasteiger partial charge is 0.276 e. The number of benzene rings is 2. The molecule has 1 aliphatic rings. The molecule has 1 fully saturated rings. The number of thioether (sulfide) groups is 1. The molecular formula is C38H46N8O5S. The molecule has 274 valence electrons. The summed E-state index contributed by atoms with van der Waals surface area (Å²) in [6, 6.07) is 19.0. The third-order valence-corrected chi connectivity index (χ3v) is 9.80. The van der Waals surface area contributed by atoms with Crippen molar-refractivity contribution in [1.29, 1.82) is 0 Å². The van der Waals surface area contributed by atoms with E-state index in [2.05, 4.69) is 30.9 Å². The molecule has 1 aliphatic heterocycles. The average molecular weight is 727 g/mol. The van der Waals surface area contributed by atoms with Crippen LogP contribution < -0.4 is 21.7 Å². The second-order valence-electron chi connectivity index (χ2n) is 14.0. The molecule has 3 heterocycles. The largest absolute Gasteiger partial charge is 0.390 e. The zero-order valence-electron chi connectivity index (χ0n) is 29.6. The topological polar surface area (TPSA) is 193 Å². The fourth-order valence-corrected chi connectivity index (χ4v) is 7.11. The Labute approximate surface area is 307 Å². The number of rotatable bonds is 13. The minimum Gasteiger partial charge on any atom is -0.390 e. The predicted octanol–water partition coefficient (Wildman–Crippen LogP) is 2.63. The zero-order chi connectivity index (χ0) is 37.3. The maximum atomic E-state index is 13.6. The van der Waals surface area contributed by atoms with E-state index in [0.717, 1.165) is 17.4 Å². The molecule has 4 aromatic rings. The van der Waals surface area contributed by atoms with Crippen LogP contribution in [-0.2, 0) is 20.8 Å². The van der Waals surface area contributed by atoms with Crippen molar-refractivity contribution in [2.24, 2.45) is 5.73 Å². The van der Waals surface area contributed by atoms with Gasteiger partial charge in [0.25, 0.3) is 5.91 Å². The number of fused-ring (bicyclic) bond motifs is 1. The molecule has 2 aromatic carbocycles. The molecule has 14 heteroatoms. The highest BCUT2D eigenvalue weighted by Crippen LogP contribution is 2.31. The Morgan fingerprint density at radius 1 is 0.981 bits per heavy atom. The summed E-state index contributed by atoms with van der Waals surface area (Å²) in [5.41, 5.74) is 7.24. The van der Waals surface area contributed by atoms with Crippen LogP contribution >= 0.6 is 11.8 Å². The van der Waals surface area contributed by atoms with Crippen LogP contribution in [0, 0.1) is 0 Å². The van der Waals surface area contributed by atoms with E-state index in [1.807, 2.05) is 68.1 Å². The lowest BCUT2D eigenvalue weighted by Gasteiger charge is -2.41. The van der Waals surface area contributed by atoms with Crippen LogP contribution in [0.2, 0.25) is 0 Å². The number of amides is 4. The van der Waals surface area contributed by atoms with Crippen molar-refractivity contribution in [2.45, 2.75) is 86.6 Å². The van der Waals surface area contributed by atoms with Gasteiger partial charge in [0.15, 0.2) is 5.16 Å². The van der Waals surface area contributed by atoms with Crippen LogP contribution in [0.1, 0.15) is 56.1 Å². The number of likely N-dealkylation sites (tertiary alicyclic amines) is 1. The van der Waals surface area contributed by atoms with Crippen molar-refractivity contribution < 1.29 is 24.3 Å². The van der Waals surface area contributed by atoms with Crippen molar-refractivity contribution in [3.8, 4) is 0 Å². The quantitative estimate of drug-likeness (QED) is 0.127. The summed E-state index contributed by atoms with van der Waals surface area (Å²) in [6.07, 6.45) is 3.33. The molecule has 0 aliphatic carbocycles. The monoisotopic (exact) mass is 726 g/mol. The normalized spacial score (nSPS) is 18.2. The number of aliphatic hydroxyl groups is 1. The molecule has 4 unspecified atom stereocenters. The number of pyridine rings is 1. The first-order valence-electron chi connectivity index (χ1n) is 17.3. The van der Waals surface area contributed by atoms with Crippen LogP contribution in [0.25, 0.3) is 10.9 Å². The first-order chi connectivity index (χ1) is 24.8. The van der Waals surface area contributed by atoms with Gasteiger partial charge in [0.05, 0.1) is 36.2 Å². The standard InChI is InChI=1S/C38H46N8O5S/c1-38(2,3)45-36(51)31-21-26(52-37-40-17-9-18-41-37)16-19-46(31)23-32(47)30(20-24-10-5-4-6-11-24)43-34(49)27(39)22-33(48)44-35(50)29-15-14-25-12-7-8-13-28(25)42-29/h4-15,17-18,26-27,30-32,47H,16,19-23,39H2,1-3H3,(H,43,49)(H,45,51)(H,44,48,50)/t26?,27-,30?,31?,32?/m0/s1. The number of β-amino-alcohol motifs (C(OH)–C–C–N with tert-alkyl or cyclic N) is 1. The molecule has 0 bridgehead atoms. The summed E-state index contributed by atoms with van der Waals surface area (Å²) in [5.74, 6) is -2.25. The Bertz CT molecular complexity index is 1840. The summed E-state index contributed by atoms with van der Waals surface area (Å²) >= 11 is 1.53. The Balaban J connectivity index is 1.24. The van der Waals surface area contributed by atoms with Gasteiger partial charge in [-0.1, -0.05) is 66.4 Å². The van der Waals surface area contributed by atoms with E-state index in [1.54, 1.807) is 36.7 Å². The number of carbonyl (C=O) groups is 4. The summed E-state index contributed by atoms with van der Waals surface area (Å²) in [6.45, 7) is 6.38. The average Bonchev–Trinajstić information content (AvgIpc) is 3.11. The lowest BCUT2D eigenvalue weighted by Crippen LogP contribution is -2.59. The molecular weight excluding hydrogens is 681 g/mol. The minimum absolute atomic E-state index is 0.0571. The number of nitrogens with zero attached hydrogens (tertiary/aromatic N) is 4. The first-order valence-corrected chi connectivity index (χ1v) is 18.2. The molecule has 0 spiro atoms. The first kappa shape index (κ1) is 38.5. The van der Waals surface area contributed by atoms with Gasteiger partial charge in [0.1, 0.15) is 5.69 Å². The molecule has 13 nitrogen and oxygen atoms in total. The van der Waals surface area contributed by atoms with Crippen molar-refractivity contribution in [1.82, 2.24) is 35.8 Å². The number of hydrogen-bond acceptors (Lipinski definition) is 11. The maximum absolute atomic E-state index is 13.6. The van der Waals surface area contributed by atoms with Gasteiger partial charge in [0, 0.05) is 41.7 Å². The van der Waals surface area contributed by atoms with Gasteiger partial charge in [-0.05, 0) is 63.8 Å². The van der Waals surface area contributed by atoms with E-state index in [4.69, 9.17) is 5.73 Å². The lowest BCUT2D eigenvalue weighted by atomic mass is 9.96. The Kier molecular flexibility index (Phi) is 13.1. The van der Waals surface area contributed by atoms with Crippen molar-refractivity contribution in [2.75, 3.05) is 13.1 Å². The second kappa shape index (κ2) is 17.6. The number of aromatic nitrogens is 3.